The summed E-state index contributed by atoms with van der Waals surface area (Å²) in [5.74, 6) is 1.24. The van der Waals surface area contributed by atoms with Gasteiger partial charge < -0.3 is 9.26 Å². The van der Waals surface area contributed by atoms with Crippen LogP contribution < -0.4 is 10.9 Å². The Labute approximate surface area is 193 Å². The summed E-state index contributed by atoms with van der Waals surface area (Å²) in [6.45, 7) is 3.27. The van der Waals surface area contributed by atoms with Gasteiger partial charge in [-0.25, -0.2) is 9.78 Å². The van der Waals surface area contributed by atoms with Gasteiger partial charge in [0.25, 0.3) is 5.56 Å². The Kier molecular flexibility index (Phi) is 6.03. The molecule has 1 saturated carbocycles. The molecule has 0 spiro atoms. The van der Waals surface area contributed by atoms with Crippen molar-refractivity contribution in [3.05, 3.63) is 57.2 Å². The maximum absolute atomic E-state index is 12.9. The molecule has 1 amide bonds. The molecular weight excluding hydrogens is 450 g/mol. The van der Waals surface area contributed by atoms with Crippen LogP contribution in [-0.2, 0) is 21.5 Å². The monoisotopic (exact) mass is 471 g/mol. The van der Waals surface area contributed by atoms with E-state index in [9.17, 15) is 14.4 Å². The summed E-state index contributed by atoms with van der Waals surface area (Å²) in [5, 5.41) is 6.77. The Morgan fingerprint density at radius 1 is 1.24 bits per heavy atom. The zero-order valence-corrected chi connectivity index (χ0v) is 19.1. The summed E-state index contributed by atoms with van der Waals surface area (Å²) in [6.07, 6.45) is 1.11. The number of Topliss-reactive ketones (excluding diaryl/α,β-unsaturated/α-hetero) is 1. The molecule has 0 atom stereocenters. The minimum atomic E-state index is -0.681. The van der Waals surface area contributed by atoms with Crippen molar-refractivity contribution in [2.45, 2.75) is 45.1 Å². The first kappa shape index (κ1) is 22.7. The molecule has 11 heteroatoms. The minimum Gasteiger partial charge on any atom is -0.453 e. The third-order valence-corrected chi connectivity index (χ3v) is 5.82. The van der Waals surface area contributed by atoms with Crippen LogP contribution in [0.1, 0.15) is 36.8 Å². The fourth-order valence-electron chi connectivity index (χ4n) is 3.70. The van der Waals surface area contributed by atoms with E-state index in [1.54, 1.807) is 26.0 Å². The lowest BCUT2D eigenvalue weighted by molar-refractivity contribution is -0.120. The van der Waals surface area contributed by atoms with Gasteiger partial charge in [0.15, 0.2) is 11.6 Å². The van der Waals surface area contributed by atoms with Crippen LogP contribution in [0.5, 0.6) is 0 Å². The van der Waals surface area contributed by atoms with E-state index in [1.165, 1.54) is 23.8 Å². The van der Waals surface area contributed by atoms with E-state index in [0.717, 1.165) is 12.8 Å². The second-order valence-electron chi connectivity index (χ2n) is 8.06. The van der Waals surface area contributed by atoms with Gasteiger partial charge in [-0.05, 0) is 44.9 Å². The quantitative estimate of drug-likeness (QED) is 0.554. The van der Waals surface area contributed by atoms with E-state index in [4.69, 9.17) is 16.1 Å². The topological polar surface area (TPSA) is 129 Å². The lowest BCUT2D eigenvalue weighted by atomic mass is 9.99. The Bertz CT molecular complexity index is 1290. The Balaban J connectivity index is 1.57. The Morgan fingerprint density at radius 3 is 2.61 bits per heavy atom. The summed E-state index contributed by atoms with van der Waals surface area (Å²) >= 11 is 6.05. The maximum atomic E-state index is 12.9. The molecule has 0 saturated heterocycles. The number of anilines is 1. The molecular formula is C22H22ClN5O5. The maximum Gasteiger partial charge on any atom is 0.411 e. The van der Waals surface area contributed by atoms with Gasteiger partial charge in [0.05, 0.1) is 30.5 Å². The molecule has 1 aliphatic carbocycles. The lowest BCUT2D eigenvalue weighted by Crippen LogP contribution is -2.28. The molecule has 0 unspecified atom stereocenters. The molecule has 4 rings (SSSR count). The number of ketones is 1. The van der Waals surface area contributed by atoms with Crippen molar-refractivity contribution in [3.63, 3.8) is 0 Å². The van der Waals surface area contributed by atoms with E-state index in [-0.39, 0.29) is 24.3 Å². The van der Waals surface area contributed by atoms with E-state index in [2.05, 4.69) is 25.2 Å². The summed E-state index contributed by atoms with van der Waals surface area (Å²) in [6, 6.07) is 6.13. The number of ether oxygens (including phenoxy) is 1. The Hall–Kier alpha value is -3.53. The van der Waals surface area contributed by atoms with Gasteiger partial charge in [-0.3, -0.25) is 19.5 Å². The molecule has 172 valence electrons. The van der Waals surface area contributed by atoms with Gasteiger partial charge >= 0.3 is 6.09 Å². The second kappa shape index (κ2) is 8.78. The number of nitrogens with one attached hydrogen (secondary N) is 1. The first-order valence-corrected chi connectivity index (χ1v) is 10.6. The number of rotatable bonds is 7. The van der Waals surface area contributed by atoms with Gasteiger partial charge in [-0.1, -0.05) is 16.8 Å². The van der Waals surface area contributed by atoms with Crippen molar-refractivity contribution in [2.24, 2.45) is 0 Å². The fourth-order valence-corrected chi connectivity index (χ4v) is 3.87. The number of benzene rings is 1. The van der Waals surface area contributed by atoms with Gasteiger partial charge in [-0.15, -0.1) is 0 Å². The number of hydrogen-bond acceptors (Lipinski definition) is 8. The number of hydrogen-bond donors (Lipinski definition) is 1. The number of carbonyl (C=O) groups excluding carboxylic acids is 2. The van der Waals surface area contributed by atoms with Crippen molar-refractivity contribution in [1.82, 2.24) is 19.7 Å². The van der Waals surface area contributed by atoms with Crippen LogP contribution in [0.4, 0.5) is 10.5 Å². The molecule has 3 aromatic rings. The summed E-state index contributed by atoms with van der Waals surface area (Å²) in [5.41, 5.74) is 0.362. The summed E-state index contributed by atoms with van der Waals surface area (Å²) in [4.78, 5) is 46.1. The molecule has 33 heavy (non-hydrogen) atoms. The fraction of sp³-hybridized carbons (Fsp3) is 0.364. The summed E-state index contributed by atoms with van der Waals surface area (Å²) in [7, 11) is 1.24. The standard InChI is InChI=1S/C22H22ClN5O5/c1-12-24-20(33-27-12)22(6-7-22)10-15(29)11-28-13(2)25-18(9-19(28)30)16-5-4-14(23)8-17(16)26-21(31)32-3/h4-5,8-9H,6-7,10-11H2,1-3H3,(H,26,31). The second-order valence-corrected chi connectivity index (χ2v) is 8.50. The highest BCUT2D eigenvalue weighted by molar-refractivity contribution is 6.31. The highest BCUT2D eigenvalue weighted by atomic mass is 35.5. The van der Waals surface area contributed by atoms with Gasteiger partial charge in [-0.2, -0.15) is 4.98 Å². The molecule has 1 fully saturated rings. The molecule has 1 aliphatic rings. The third kappa shape index (κ3) is 4.80. The van der Waals surface area contributed by atoms with Gasteiger partial charge in [0.1, 0.15) is 5.82 Å². The zero-order chi connectivity index (χ0) is 23.8. The number of methoxy groups -OCH3 is 1. The van der Waals surface area contributed by atoms with Crippen molar-refractivity contribution in [3.8, 4) is 11.3 Å². The molecule has 2 heterocycles. The van der Waals surface area contributed by atoms with Gasteiger partial charge in [0, 0.05) is 23.1 Å². The Morgan fingerprint density at radius 2 is 2.00 bits per heavy atom. The van der Waals surface area contributed by atoms with E-state index >= 15 is 0 Å². The number of carbonyl (C=O) groups is 2. The van der Waals surface area contributed by atoms with Crippen molar-refractivity contribution in [1.29, 1.82) is 0 Å². The molecule has 1 aromatic carbocycles. The number of aromatic nitrogens is 4. The van der Waals surface area contributed by atoms with Crippen molar-refractivity contribution in [2.75, 3.05) is 12.4 Å². The largest absolute Gasteiger partial charge is 0.453 e. The average Bonchev–Trinajstić information content (AvgIpc) is 3.40. The smallest absolute Gasteiger partial charge is 0.411 e. The predicted octanol–water partition coefficient (Wildman–Crippen LogP) is 3.43. The first-order valence-electron chi connectivity index (χ1n) is 10.3. The predicted molar refractivity (Wildman–Crippen MR) is 119 cm³/mol. The highest BCUT2D eigenvalue weighted by Crippen LogP contribution is 2.50. The molecule has 10 nitrogen and oxygen atoms in total. The normalized spacial score (nSPS) is 14.1. The number of amides is 1. The molecule has 0 bridgehead atoms. The lowest BCUT2D eigenvalue weighted by Gasteiger charge is -2.14. The molecule has 2 aromatic heterocycles. The number of nitrogens with zero attached hydrogens (tertiary/aromatic N) is 4. The third-order valence-electron chi connectivity index (χ3n) is 5.58. The van der Waals surface area contributed by atoms with Crippen LogP contribution in [0.3, 0.4) is 0 Å². The molecule has 0 aliphatic heterocycles. The van der Waals surface area contributed by atoms with E-state index in [1.807, 2.05) is 0 Å². The SMILES string of the molecule is COC(=O)Nc1cc(Cl)ccc1-c1cc(=O)n(CC(=O)CC2(c3nc(C)no3)CC2)c(C)n1. The van der Waals surface area contributed by atoms with E-state index in [0.29, 0.717) is 39.5 Å². The van der Waals surface area contributed by atoms with E-state index < -0.39 is 11.5 Å². The number of aryl methyl sites for hydroxylation is 2. The molecule has 1 N–H and O–H groups in total. The van der Waals surface area contributed by atoms with Gasteiger partial charge in [0.2, 0.25) is 5.89 Å². The highest BCUT2D eigenvalue weighted by Gasteiger charge is 2.50. The van der Waals surface area contributed by atoms with Crippen LogP contribution in [0.2, 0.25) is 5.02 Å². The van der Waals surface area contributed by atoms with Crippen LogP contribution in [0.25, 0.3) is 11.3 Å². The number of halogens is 1. The van der Waals surface area contributed by atoms with Crippen LogP contribution in [-0.4, -0.2) is 38.7 Å². The zero-order valence-electron chi connectivity index (χ0n) is 18.3. The summed E-state index contributed by atoms with van der Waals surface area (Å²) < 4.78 is 11.2. The van der Waals surface area contributed by atoms with Crippen LogP contribution >= 0.6 is 11.6 Å². The van der Waals surface area contributed by atoms with Crippen LogP contribution in [0, 0.1) is 13.8 Å². The molecule has 0 radical (unpaired) electrons. The minimum absolute atomic E-state index is 0.110. The first-order chi connectivity index (χ1) is 15.7. The van der Waals surface area contributed by atoms with Crippen LogP contribution in [0.15, 0.2) is 33.6 Å². The average molecular weight is 472 g/mol. The van der Waals surface area contributed by atoms with Crippen molar-refractivity contribution < 1.29 is 18.8 Å². The van der Waals surface area contributed by atoms with Crippen molar-refractivity contribution >= 4 is 29.2 Å².